The zero-order valence-corrected chi connectivity index (χ0v) is 25.5. The molecule has 3 aliphatic heterocycles. The number of hydrogen-bond donors (Lipinski definition) is 3. The number of ether oxygens (including phenoxy) is 2. The number of carbonyl (C=O) groups excluding carboxylic acids is 4. The number of hydrogen-bond acceptors (Lipinski definition) is 7. The van der Waals surface area contributed by atoms with Crippen LogP contribution in [0.1, 0.15) is 76.8 Å². The Hall–Kier alpha value is -4.09. The first-order valence-electron chi connectivity index (χ1n) is 15.4. The van der Waals surface area contributed by atoms with E-state index in [4.69, 9.17) is 9.47 Å². The number of aliphatic carboxylic acids is 1. The molecule has 4 amide bonds. The lowest BCUT2D eigenvalue weighted by Gasteiger charge is -2.30. The highest BCUT2D eigenvalue weighted by Crippen LogP contribution is 2.45. The van der Waals surface area contributed by atoms with E-state index < -0.39 is 59.3 Å². The third kappa shape index (κ3) is 7.00. The fourth-order valence-corrected chi connectivity index (χ4v) is 6.28. The molecule has 44 heavy (non-hydrogen) atoms. The van der Waals surface area contributed by atoms with Crippen molar-refractivity contribution >= 4 is 30.0 Å². The van der Waals surface area contributed by atoms with Gasteiger partial charge in [-0.05, 0) is 57.6 Å². The largest absolute Gasteiger partial charge is 0.479 e. The Morgan fingerprint density at radius 2 is 1.77 bits per heavy atom. The van der Waals surface area contributed by atoms with Crippen LogP contribution >= 0.6 is 0 Å². The number of alkyl carbamates (subject to hydrolysis) is 1. The van der Waals surface area contributed by atoms with Crippen molar-refractivity contribution in [2.75, 3.05) is 6.54 Å². The van der Waals surface area contributed by atoms with E-state index in [1.807, 2.05) is 36.4 Å². The van der Waals surface area contributed by atoms with Crippen LogP contribution in [0.25, 0.3) is 0 Å². The van der Waals surface area contributed by atoms with Gasteiger partial charge in [0.1, 0.15) is 29.3 Å². The van der Waals surface area contributed by atoms with Gasteiger partial charge in [-0.1, -0.05) is 49.3 Å². The van der Waals surface area contributed by atoms with Crippen LogP contribution in [0.5, 0.6) is 0 Å². The van der Waals surface area contributed by atoms with Crippen LogP contribution in [0.15, 0.2) is 36.4 Å². The Morgan fingerprint density at radius 3 is 2.43 bits per heavy atom. The van der Waals surface area contributed by atoms with E-state index in [1.54, 1.807) is 25.7 Å². The highest BCUT2D eigenvalue weighted by atomic mass is 16.6. The number of carboxylic acids is 1. The van der Waals surface area contributed by atoms with Gasteiger partial charge in [-0.15, -0.1) is 0 Å². The van der Waals surface area contributed by atoms with Crippen molar-refractivity contribution in [3.05, 3.63) is 47.5 Å². The molecular weight excluding hydrogens is 568 g/mol. The van der Waals surface area contributed by atoms with Gasteiger partial charge in [-0.2, -0.15) is 0 Å². The van der Waals surface area contributed by atoms with Crippen LogP contribution in [-0.2, 0) is 36.9 Å². The summed E-state index contributed by atoms with van der Waals surface area (Å²) >= 11 is 0. The van der Waals surface area contributed by atoms with Crippen LogP contribution in [0, 0.1) is 5.92 Å². The lowest BCUT2D eigenvalue weighted by Crippen LogP contribution is -2.56. The summed E-state index contributed by atoms with van der Waals surface area (Å²) < 4.78 is 11.2. The molecule has 1 aromatic carbocycles. The number of carboxylic acid groups (broad SMARTS) is 1. The highest BCUT2D eigenvalue weighted by molar-refractivity contribution is 5.96. The summed E-state index contributed by atoms with van der Waals surface area (Å²) in [7, 11) is 0. The third-order valence-electron chi connectivity index (χ3n) is 8.68. The molecule has 12 nitrogen and oxygen atoms in total. The standard InChI is InChI=1S/C32H42N4O8/c1-31(2,3)44-29(41)33-24-14-8-6-4-5-7-13-22-16-32(22,28(39)40)34-26(37)25-15-23(19-36(25)27(24)38)43-30(42)35-17-20-11-9-10-12-21(20)18-35/h7,9-13,22-25H,4-6,8,14-19H2,1-3H3,(H,33,41)(H,34,37)(H,39,40)/b13-7-/t22-,23-,24+,25?,32-/m1/s1. The molecule has 1 aromatic rings. The summed E-state index contributed by atoms with van der Waals surface area (Å²) in [4.78, 5) is 68.8. The summed E-state index contributed by atoms with van der Waals surface area (Å²) in [6.07, 6.45) is 5.25. The average molecular weight is 611 g/mol. The van der Waals surface area contributed by atoms with E-state index in [2.05, 4.69) is 10.6 Å². The summed E-state index contributed by atoms with van der Waals surface area (Å²) in [5.74, 6) is -2.63. The maximum atomic E-state index is 14.0. The predicted molar refractivity (Wildman–Crippen MR) is 158 cm³/mol. The normalized spacial score (nSPS) is 29.6. The van der Waals surface area contributed by atoms with Gasteiger partial charge in [-0.25, -0.2) is 14.4 Å². The molecule has 0 bridgehead atoms. The molecule has 4 aliphatic rings. The van der Waals surface area contributed by atoms with Crippen molar-refractivity contribution in [2.45, 2.75) is 108 Å². The smallest absolute Gasteiger partial charge is 0.410 e. The van der Waals surface area contributed by atoms with Crippen LogP contribution in [-0.4, -0.2) is 80.7 Å². The quantitative estimate of drug-likeness (QED) is 0.440. The van der Waals surface area contributed by atoms with Crippen LogP contribution in [0.3, 0.4) is 0 Å². The predicted octanol–water partition coefficient (Wildman–Crippen LogP) is 3.48. The molecule has 0 aromatic heterocycles. The minimum absolute atomic E-state index is 0.000531. The van der Waals surface area contributed by atoms with E-state index in [9.17, 15) is 29.1 Å². The van der Waals surface area contributed by atoms with Crippen LogP contribution < -0.4 is 10.6 Å². The molecule has 0 radical (unpaired) electrons. The van der Waals surface area contributed by atoms with Gasteiger partial charge >= 0.3 is 18.2 Å². The first-order chi connectivity index (χ1) is 20.9. The fraction of sp³-hybridized carbons (Fsp3) is 0.594. The minimum Gasteiger partial charge on any atom is -0.479 e. The number of rotatable bonds is 3. The van der Waals surface area contributed by atoms with Gasteiger partial charge in [0.25, 0.3) is 0 Å². The minimum atomic E-state index is -1.45. The molecule has 3 N–H and O–H groups in total. The molecule has 1 saturated carbocycles. The summed E-state index contributed by atoms with van der Waals surface area (Å²) in [6, 6.07) is 5.65. The number of benzene rings is 1. The number of nitrogens with one attached hydrogen (secondary N) is 2. The number of carbonyl (C=O) groups is 5. The zero-order valence-electron chi connectivity index (χ0n) is 25.5. The highest BCUT2D eigenvalue weighted by Gasteiger charge is 2.61. The van der Waals surface area contributed by atoms with Gasteiger partial charge in [-0.3, -0.25) is 14.5 Å². The summed E-state index contributed by atoms with van der Waals surface area (Å²) in [5, 5.41) is 15.4. The van der Waals surface area contributed by atoms with Gasteiger partial charge in [0.2, 0.25) is 11.8 Å². The first kappa shape index (κ1) is 31.3. The molecule has 1 saturated heterocycles. The molecule has 5 rings (SSSR count). The molecule has 2 fully saturated rings. The molecule has 3 heterocycles. The lowest BCUT2D eigenvalue weighted by molar-refractivity contribution is -0.145. The molecule has 5 atom stereocenters. The molecule has 1 aliphatic carbocycles. The molecule has 12 heteroatoms. The number of allylic oxidation sites excluding steroid dienone is 1. The van der Waals surface area contributed by atoms with E-state index in [0.717, 1.165) is 30.4 Å². The van der Waals surface area contributed by atoms with Crippen LogP contribution in [0.2, 0.25) is 0 Å². The van der Waals surface area contributed by atoms with Gasteiger partial charge in [0.05, 0.1) is 6.54 Å². The molecular formula is C32H42N4O8. The van der Waals surface area contributed by atoms with E-state index >= 15 is 0 Å². The zero-order chi connectivity index (χ0) is 31.6. The SMILES string of the molecule is CC(C)(C)OC(=O)N[C@H]1CCCCC/C=C\[C@@H]2C[C@@]2(C(=O)O)NC(=O)C2C[C@@H](OC(=O)N3Cc4ccccc4C3)CN2C1=O. The van der Waals surface area contributed by atoms with Crippen molar-refractivity contribution in [3.63, 3.8) is 0 Å². The van der Waals surface area contributed by atoms with Gasteiger partial charge in [0.15, 0.2) is 0 Å². The van der Waals surface area contributed by atoms with E-state index in [-0.39, 0.29) is 25.3 Å². The second kappa shape index (κ2) is 12.5. The third-order valence-corrected chi connectivity index (χ3v) is 8.68. The van der Waals surface area contributed by atoms with Crippen molar-refractivity contribution in [3.8, 4) is 0 Å². The summed E-state index contributed by atoms with van der Waals surface area (Å²) in [6.45, 7) is 5.89. The Kier molecular flexibility index (Phi) is 8.90. The second-order valence-corrected chi connectivity index (χ2v) is 13.2. The average Bonchev–Trinajstić information content (AvgIpc) is 3.27. The number of amides is 4. The topological polar surface area (TPSA) is 155 Å². The summed E-state index contributed by atoms with van der Waals surface area (Å²) in [5.41, 5.74) is -0.176. The maximum absolute atomic E-state index is 14.0. The fourth-order valence-electron chi connectivity index (χ4n) is 6.28. The Morgan fingerprint density at radius 1 is 1.07 bits per heavy atom. The van der Waals surface area contributed by atoms with Crippen molar-refractivity contribution in [2.24, 2.45) is 5.92 Å². The maximum Gasteiger partial charge on any atom is 0.410 e. The van der Waals surface area contributed by atoms with Crippen LogP contribution in [0.4, 0.5) is 9.59 Å². The van der Waals surface area contributed by atoms with Crippen molar-refractivity contribution in [1.29, 1.82) is 0 Å². The first-order valence-corrected chi connectivity index (χ1v) is 15.4. The number of nitrogens with zero attached hydrogens (tertiary/aromatic N) is 2. The Labute approximate surface area is 257 Å². The van der Waals surface area contributed by atoms with E-state index in [0.29, 0.717) is 25.9 Å². The Balaban J connectivity index is 1.37. The Bertz CT molecular complexity index is 1310. The van der Waals surface area contributed by atoms with Gasteiger partial charge in [0, 0.05) is 25.4 Å². The van der Waals surface area contributed by atoms with Crippen molar-refractivity contribution in [1.82, 2.24) is 20.4 Å². The van der Waals surface area contributed by atoms with E-state index in [1.165, 1.54) is 4.90 Å². The number of fused-ring (bicyclic) bond motifs is 3. The monoisotopic (exact) mass is 610 g/mol. The van der Waals surface area contributed by atoms with Crippen molar-refractivity contribution < 1.29 is 38.6 Å². The molecule has 0 spiro atoms. The second-order valence-electron chi connectivity index (χ2n) is 13.2. The molecule has 1 unspecified atom stereocenters. The molecule has 238 valence electrons. The lowest BCUT2D eigenvalue weighted by atomic mass is 10.0. The van der Waals surface area contributed by atoms with Gasteiger partial charge < -0.3 is 30.1 Å².